The number of furan rings is 1. The van der Waals surface area contributed by atoms with E-state index < -0.39 is 0 Å². The lowest BCUT2D eigenvalue weighted by molar-refractivity contribution is -0.115. The lowest BCUT2D eigenvalue weighted by Crippen LogP contribution is -2.19. The molecule has 2 heterocycles. The first kappa shape index (κ1) is 20.2. The Morgan fingerprint density at radius 2 is 1.90 bits per heavy atom. The summed E-state index contributed by atoms with van der Waals surface area (Å²) in [7, 11) is 0. The molecule has 29 heavy (non-hydrogen) atoms. The van der Waals surface area contributed by atoms with Crippen molar-refractivity contribution in [2.75, 3.05) is 0 Å². The van der Waals surface area contributed by atoms with Crippen LogP contribution in [-0.2, 0) is 4.79 Å². The van der Waals surface area contributed by atoms with Gasteiger partial charge in [-0.05, 0) is 55.1 Å². The molecule has 0 spiro atoms. The van der Waals surface area contributed by atoms with Crippen molar-refractivity contribution in [3.63, 3.8) is 0 Å². The van der Waals surface area contributed by atoms with Gasteiger partial charge in [0.25, 0.3) is 5.91 Å². The molecular formula is C21H14Cl2N2O2S2. The van der Waals surface area contributed by atoms with E-state index in [0.717, 1.165) is 9.99 Å². The average Bonchev–Trinajstić information content (AvgIpc) is 3.27. The first-order valence-corrected chi connectivity index (χ1v) is 10.9. The van der Waals surface area contributed by atoms with E-state index in [2.05, 4.69) is 22.4 Å². The first-order chi connectivity index (χ1) is 14.0. The largest absolute Gasteiger partial charge is 0.450 e. The minimum absolute atomic E-state index is 0.240. The highest BCUT2D eigenvalue weighted by molar-refractivity contribution is 8.18. The number of aryl methyl sites for hydroxylation is 1. The van der Waals surface area contributed by atoms with Gasteiger partial charge in [-0.2, -0.15) is 0 Å². The second-order valence-electron chi connectivity index (χ2n) is 6.13. The number of hydrogen-bond donors (Lipinski definition) is 1. The third-order valence-electron chi connectivity index (χ3n) is 3.92. The molecule has 1 N–H and O–H groups in total. The Morgan fingerprint density at radius 1 is 1.10 bits per heavy atom. The lowest BCUT2D eigenvalue weighted by Gasteiger charge is -2.00. The quantitative estimate of drug-likeness (QED) is 0.428. The maximum absolute atomic E-state index is 12.3. The van der Waals surface area contributed by atoms with Crippen LogP contribution in [0.2, 0.25) is 10.0 Å². The Kier molecular flexibility index (Phi) is 6.06. The smallest absolute Gasteiger partial charge is 0.264 e. The normalized spacial score (nSPS) is 16.6. The molecule has 2 aromatic carbocycles. The van der Waals surface area contributed by atoms with E-state index in [0.29, 0.717) is 31.6 Å². The van der Waals surface area contributed by atoms with Crippen molar-refractivity contribution in [2.24, 2.45) is 4.99 Å². The molecule has 0 radical (unpaired) electrons. The van der Waals surface area contributed by atoms with E-state index >= 15 is 0 Å². The Bertz CT molecular complexity index is 1140. The molecule has 0 aliphatic carbocycles. The molecule has 1 aliphatic heterocycles. The molecule has 0 unspecified atom stereocenters. The predicted octanol–water partition coefficient (Wildman–Crippen LogP) is 6.94. The molecule has 1 aromatic heterocycles. The Labute approximate surface area is 186 Å². The minimum atomic E-state index is -0.240. The van der Waals surface area contributed by atoms with Crippen LogP contribution >= 0.6 is 46.7 Å². The average molecular weight is 461 g/mol. The summed E-state index contributed by atoms with van der Waals surface area (Å²) in [6.45, 7) is 2.05. The highest BCUT2D eigenvalue weighted by Crippen LogP contribution is 2.35. The molecule has 0 bridgehead atoms. The molecule has 146 valence electrons. The van der Waals surface area contributed by atoms with Crippen molar-refractivity contribution >= 4 is 69.6 Å². The molecule has 4 rings (SSSR count). The van der Waals surface area contributed by atoms with Crippen molar-refractivity contribution in [1.29, 1.82) is 0 Å². The Morgan fingerprint density at radius 3 is 2.69 bits per heavy atom. The SMILES string of the molecule is Cc1ccc(Sc2ccc(/C=C3\SC(=Nc4cccc(Cl)c4Cl)NC3=O)o2)cc1. The summed E-state index contributed by atoms with van der Waals surface area (Å²) in [5, 5.41) is 4.67. The summed E-state index contributed by atoms with van der Waals surface area (Å²) in [6.07, 6.45) is 1.70. The van der Waals surface area contributed by atoms with E-state index in [1.165, 1.54) is 29.1 Å². The second-order valence-corrected chi connectivity index (χ2v) is 9.02. The summed E-state index contributed by atoms with van der Waals surface area (Å²) < 4.78 is 5.83. The van der Waals surface area contributed by atoms with Crippen molar-refractivity contribution in [1.82, 2.24) is 5.32 Å². The summed E-state index contributed by atoms with van der Waals surface area (Å²) in [6, 6.07) is 17.1. The molecule has 1 amide bonds. The van der Waals surface area contributed by atoms with Gasteiger partial charge in [0.15, 0.2) is 10.3 Å². The third-order valence-corrected chi connectivity index (χ3v) is 6.57. The van der Waals surface area contributed by atoms with Gasteiger partial charge in [-0.3, -0.25) is 4.79 Å². The summed E-state index contributed by atoms with van der Waals surface area (Å²) in [4.78, 5) is 18.2. The van der Waals surface area contributed by atoms with Crippen LogP contribution in [0.15, 0.2) is 78.9 Å². The van der Waals surface area contributed by atoms with E-state index in [4.69, 9.17) is 27.6 Å². The molecule has 8 heteroatoms. The number of nitrogens with one attached hydrogen (secondary N) is 1. The van der Waals surface area contributed by atoms with Gasteiger partial charge >= 0.3 is 0 Å². The molecule has 1 aliphatic rings. The molecule has 1 fully saturated rings. The first-order valence-electron chi connectivity index (χ1n) is 8.56. The van der Waals surface area contributed by atoms with Crippen molar-refractivity contribution in [3.05, 3.63) is 80.9 Å². The zero-order valence-corrected chi connectivity index (χ0v) is 18.3. The zero-order valence-electron chi connectivity index (χ0n) is 15.1. The van der Waals surface area contributed by atoms with Crippen LogP contribution in [0.3, 0.4) is 0 Å². The number of aliphatic imine (C=N–C) groups is 1. The van der Waals surface area contributed by atoms with Crippen LogP contribution in [0.4, 0.5) is 5.69 Å². The second kappa shape index (κ2) is 8.71. The molecule has 0 saturated carbocycles. The number of carbonyl (C=O) groups is 1. The molecule has 4 nitrogen and oxygen atoms in total. The van der Waals surface area contributed by atoms with Crippen molar-refractivity contribution in [2.45, 2.75) is 16.9 Å². The number of amides is 1. The van der Waals surface area contributed by atoms with Crippen molar-refractivity contribution in [3.8, 4) is 0 Å². The van der Waals surface area contributed by atoms with Crippen LogP contribution in [0.5, 0.6) is 0 Å². The monoisotopic (exact) mass is 460 g/mol. The van der Waals surface area contributed by atoms with Crippen LogP contribution in [0, 0.1) is 6.92 Å². The van der Waals surface area contributed by atoms with Gasteiger partial charge in [-0.1, -0.05) is 58.7 Å². The van der Waals surface area contributed by atoms with Gasteiger partial charge in [-0.25, -0.2) is 4.99 Å². The Balaban J connectivity index is 1.49. The zero-order chi connectivity index (χ0) is 20.4. The topological polar surface area (TPSA) is 54.6 Å². The molecule has 1 saturated heterocycles. The number of hydrogen-bond acceptors (Lipinski definition) is 5. The minimum Gasteiger partial charge on any atom is -0.450 e. The van der Waals surface area contributed by atoms with Crippen molar-refractivity contribution < 1.29 is 9.21 Å². The number of benzene rings is 2. The van der Waals surface area contributed by atoms with Gasteiger partial charge in [0, 0.05) is 11.0 Å². The van der Waals surface area contributed by atoms with Crippen LogP contribution in [0.1, 0.15) is 11.3 Å². The van der Waals surface area contributed by atoms with E-state index in [1.54, 1.807) is 24.3 Å². The molecular weight excluding hydrogens is 447 g/mol. The molecule has 0 atom stereocenters. The Hall–Kier alpha value is -2.12. The number of carbonyl (C=O) groups excluding carboxylic acids is 1. The number of halogens is 2. The fourth-order valence-corrected chi connectivity index (χ4v) is 4.42. The van der Waals surface area contributed by atoms with E-state index in [1.807, 2.05) is 31.2 Å². The summed E-state index contributed by atoms with van der Waals surface area (Å²) in [5.74, 6) is 0.357. The highest BCUT2D eigenvalue weighted by Gasteiger charge is 2.24. The number of amidine groups is 1. The highest BCUT2D eigenvalue weighted by atomic mass is 35.5. The van der Waals surface area contributed by atoms with Gasteiger partial charge < -0.3 is 9.73 Å². The van der Waals surface area contributed by atoms with Gasteiger partial charge in [-0.15, -0.1) is 0 Å². The van der Waals surface area contributed by atoms with E-state index in [9.17, 15) is 4.79 Å². The van der Waals surface area contributed by atoms with Crippen LogP contribution in [0.25, 0.3) is 6.08 Å². The molecule has 3 aromatic rings. The maximum Gasteiger partial charge on any atom is 0.264 e. The summed E-state index contributed by atoms with van der Waals surface area (Å²) >= 11 is 14.9. The predicted molar refractivity (Wildman–Crippen MR) is 121 cm³/mol. The number of thioether (sulfide) groups is 1. The summed E-state index contributed by atoms with van der Waals surface area (Å²) in [5.41, 5.74) is 1.71. The standard InChI is InChI=1S/C21H14Cl2N2O2S2/c1-12-5-8-14(9-6-12)28-18-10-7-13(27-18)11-17-20(26)25-21(29-17)24-16-4-2-3-15(22)19(16)23/h2-11H,1H3,(H,24,25,26)/b17-11-. The van der Waals surface area contributed by atoms with Gasteiger partial charge in [0.05, 0.1) is 20.6 Å². The lowest BCUT2D eigenvalue weighted by atomic mass is 10.2. The number of nitrogens with zero attached hydrogens (tertiary/aromatic N) is 1. The van der Waals surface area contributed by atoms with Gasteiger partial charge in [0.2, 0.25) is 0 Å². The fourth-order valence-electron chi connectivity index (χ4n) is 2.49. The fraction of sp³-hybridized carbons (Fsp3) is 0.0476. The van der Waals surface area contributed by atoms with Crippen LogP contribution in [-0.4, -0.2) is 11.1 Å². The maximum atomic E-state index is 12.3. The van der Waals surface area contributed by atoms with Crippen LogP contribution < -0.4 is 5.32 Å². The van der Waals surface area contributed by atoms with E-state index in [-0.39, 0.29) is 5.91 Å². The number of rotatable bonds is 4. The third kappa shape index (κ3) is 4.90. The van der Waals surface area contributed by atoms with Gasteiger partial charge in [0.1, 0.15) is 5.76 Å².